The molecule has 5 nitrogen and oxygen atoms in total. The zero-order chi connectivity index (χ0) is 11.3. The number of imidazole rings is 1. The van der Waals surface area contributed by atoms with Crippen molar-refractivity contribution in [3.05, 3.63) is 17.7 Å². The molecule has 0 aliphatic rings. The molecular weight excluding hydrogens is 232 g/mol. The summed E-state index contributed by atoms with van der Waals surface area (Å²) < 4.78 is 1.20. The lowest BCUT2D eigenvalue weighted by Gasteiger charge is -2.11. The molecule has 3 N–H and O–H groups in total. The smallest absolute Gasteiger partial charge is 0.324 e. The molecule has 1 heterocycles. The van der Waals surface area contributed by atoms with Gasteiger partial charge in [0.1, 0.15) is 0 Å². The Morgan fingerprint density at radius 1 is 1.80 bits per heavy atom. The van der Waals surface area contributed by atoms with E-state index in [9.17, 15) is 4.79 Å². The summed E-state index contributed by atoms with van der Waals surface area (Å²) >= 11 is 5.61. The van der Waals surface area contributed by atoms with E-state index in [1.54, 1.807) is 18.1 Å². The first-order valence-electron chi connectivity index (χ1n) is 4.43. The van der Waals surface area contributed by atoms with Gasteiger partial charge in [-0.2, -0.15) is 11.8 Å². The minimum atomic E-state index is -0.519. The van der Waals surface area contributed by atoms with E-state index in [4.69, 9.17) is 5.73 Å². The van der Waals surface area contributed by atoms with Gasteiger partial charge in [0.05, 0.1) is 12.0 Å². The van der Waals surface area contributed by atoms with Gasteiger partial charge in [0.2, 0.25) is 0 Å². The highest BCUT2D eigenvalue weighted by Gasteiger charge is 2.04. The molecule has 2 amide bonds. The lowest BCUT2D eigenvalue weighted by atomic mass is 10.4. The number of thiol groups is 1. The third-order valence-electron chi connectivity index (χ3n) is 1.87. The highest BCUT2D eigenvalue weighted by molar-refractivity contribution is 7.98. The Hall–Kier alpha value is -0.820. The second-order valence-electron chi connectivity index (χ2n) is 2.99. The first-order chi connectivity index (χ1) is 7.11. The quantitative estimate of drug-likeness (QED) is 0.539. The van der Waals surface area contributed by atoms with Crippen LogP contribution in [-0.2, 0) is 5.75 Å². The van der Waals surface area contributed by atoms with Crippen LogP contribution in [0.3, 0.4) is 0 Å². The molecule has 0 aliphatic heterocycles. The normalized spacial score (nSPS) is 10.3. The molecular formula is C8H14N4OS2. The third-order valence-corrected chi connectivity index (χ3v) is 3.22. The van der Waals surface area contributed by atoms with Crippen LogP contribution in [-0.4, -0.2) is 32.6 Å². The van der Waals surface area contributed by atoms with Gasteiger partial charge in [0.15, 0.2) is 0 Å². The van der Waals surface area contributed by atoms with Crippen LogP contribution in [0, 0.1) is 6.92 Å². The number of rotatable bonds is 5. The summed E-state index contributed by atoms with van der Waals surface area (Å²) in [6.07, 6.45) is 1.68. The van der Waals surface area contributed by atoms with Crippen LogP contribution in [0.1, 0.15) is 11.4 Å². The first-order valence-corrected chi connectivity index (χ1v) is 5.99. The minimum Gasteiger partial charge on any atom is -0.351 e. The Kier molecular flexibility index (Phi) is 4.83. The van der Waals surface area contributed by atoms with Crippen LogP contribution >= 0.6 is 24.6 Å². The topological polar surface area (TPSA) is 75.0 Å². The summed E-state index contributed by atoms with van der Waals surface area (Å²) in [5.74, 6) is 1.62. The van der Waals surface area contributed by atoms with E-state index in [1.165, 1.54) is 4.31 Å². The fourth-order valence-electron chi connectivity index (χ4n) is 0.963. The van der Waals surface area contributed by atoms with Gasteiger partial charge in [-0.3, -0.25) is 4.31 Å². The fraction of sp³-hybridized carbons (Fsp3) is 0.500. The van der Waals surface area contributed by atoms with E-state index in [-0.39, 0.29) is 0 Å². The number of aryl methyl sites for hydroxylation is 1. The second-order valence-corrected chi connectivity index (χ2v) is 4.58. The van der Waals surface area contributed by atoms with Crippen LogP contribution in [0.2, 0.25) is 0 Å². The lowest BCUT2D eigenvalue weighted by Crippen LogP contribution is -2.29. The number of nitrogens with zero attached hydrogens (tertiary/aromatic N) is 2. The van der Waals surface area contributed by atoms with E-state index < -0.39 is 6.03 Å². The maximum absolute atomic E-state index is 10.6. The molecule has 84 valence electrons. The van der Waals surface area contributed by atoms with Gasteiger partial charge in [0.25, 0.3) is 0 Å². The maximum atomic E-state index is 10.6. The largest absolute Gasteiger partial charge is 0.351 e. The van der Waals surface area contributed by atoms with Crippen LogP contribution < -0.4 is 5.73 Å². The minimum absolute atomic E-state index is 0.519. The van der Waals surface area contributed by atoms with Crippen molar-refractivity contribution < 1.29 is 4.79 Å². The number of primary amides is 1. The number of urea groups is 1. The highest BCUT2D eigenvalue weighted by Crippen LogP contribution is 2.12. The van der Waals surface area contributed by atoms with E-state index in [0.717, 1.165) is 22.9 Å². The summed E-state index contributed by atoms with van der Waals surface area (Å²) in [6, 6.07) is -0.519. The molecule has 0 radical (unpaired) electrons. The maximum Gasteiger partial charge on any atom is 0.324 e. The van der Waals surface area contributed by atoms with Crippen LogP contribution in [0.4, 0.5) is 4.79 Å². The Balaban J connectivity index is 2.17. The monoisotopic (exact) mass is 246 g/mol. The molecule has 0 spiro atoms. The molecule has 7 heteroatoms. The summed E-state index contributed by atoms with van der Waals surface area (Å²) in [6.45, 7) is 2.52. The van der Waals surface area contributed by atoms with Crippen molar-refractivity contribution in [2.75, 3.05) is 12.3 Å². The number of nitrogens with two attached hydrogens (primary N) is 1. The van der Waals surface area contributed by atoms with Crippen molar-refractivity contribution in [2.24, 2.45) is 5.73 Å². The summed E-state index contributed by atoms with van der Waals surface area (Å²) in [7, 11) is 0. The predicted octanol–water partition coefficient (Wildman–Crippen LogP) is 1.18. The molecule has 0 saturated carbocycles. The second kappa shape index (κ2) is 5.92. The number of hydrogen-bond acceptors (Lipinski definition) is 4. The van der Waals surface area contributed by atoms with E-state index in [1.807, 2.05) is 6.92 Å². The number of aromatic amines is 1. The number of aromatic nitrogens is 2. The molecule has 0 bridgehead atoms. The number of thioether (sulfide) groups is 1. The van der Waals surface area contributed by atoms with E-state index in [2.05, 4.69) is 22.8 Å². The van der Waals surface area contributed by atoms with Gasteiger partial charge in [-0.15, -0.1) is 0 Å². The zero-order valence-corrected chi connectivity index (χ0v) is 10.1. The molecule has 0 fully saturated rings. The molecule has 1 aromatic heterocycles. The van der Waals surface area contributed by atoms with E-state index in [0.29, 0.717) is 6.54 Å². The zero-order valence-electron chi connectivity index (χ0n) is 8.43. The molecule has 15 heavy (non-hydrogen) atoms. The first kappa shape index (κ1) is 12.3. The van der Waals surface area contributed by atoms with Crippen molar-refractivity contribution in [1.82, 2.24) is 14.3 Å². The Bertz CT molecular complexity index is 328. The van der Waals surface area contributed by atoms with Gasteiger partial charge in [0, 0.05) is 23.7 Å². The van der Waals surface area contributed by atoms with E-state index >= 15 is 0 Å². The average Bonchev–Trinajstić information content (AvgIpc) is 2.58. The van der Waals surface area contributed by atoms with Crippen LogP contribution in [0.5, 0.6) is 0 Å². The predicted molar refractivity (Wildman–Crippen MR) is 64.8 cm³/mol. The summed E-state index contributed by atoms with van der Waals surface area (Å²) in [5.41, 5.74) is 7.15. The number of hydrogen-bond donors (Lipinski definition) is 3. The number of nitrogens with one attached hydrogen (secondary N) is 1. The number of carbonyl (C=O) groups is 1. The van der Waals surface area contributed by atoms with Gasteiger partial charge in [-0.05, 0) is 6.92 Å². The number of carbonyl (C=O) groups excluding carboxylic acids is 1. The third kappa shape index (κ3) is 4.05. The van der Waals surface area contributed by atoms with Crippen molar-refractivity contribution >= 4 is 30.6 Å². The number of H-pyrrole nitrogens is 1. The molecule has 0 atom stereocenters. The van der Waals surface area contributed by atoms with Crippen molar-refractivity contribution in [3.8, 4) is 0 Å². The van der Waals surface area contributed by atoms with Gasteiger partial charge in [-0.1, -0.05) is 12.8 Å². The Morgan fingerprint density at radius 2 is 2.53 bits per heavy atom. The summed E-state index contributed by atoms with van der Waals surface area (Å²) in [4.78, 5) is 17.8. The number of amides is 2. The molecule has 0 aromatic carbocycles. The molecule has 0 aliphatic carbocycles. The fourth-order valence-corrected chi connectivity index (χ4v) is 2.14. The van der Waals surface area contributed by atoms with Gasteiger partial charge in [-0.25, -0.2) is 9.78 Å². The molecule has 1 rings (SSSR count). The molecule has 0 unspecified atom stereocenters. The van der Waals surface area contributed by atoms with Crippen LogP contribution in [0.25, 0.3) is 0 Å². The molecule has 0 saturated heterocycles. The van der Waals surface area contributed by atoms with Crippen molar-refractivity contribution in [2.45, 2.75) is 12.7 Å². The van der Waals surface area contributed by atoms with Crippen LogP contribution in [0.15, 0.2) is 6.33 Å². The summed E-state index contributed by atoms with van der Waals surface area (Å²) in [5, 5.41) is 0. The molecule has 1 aromatic rings. The van der Waals surface area contributed by atoms with Gasteiger partial charge >= 0.3 is 6.03 Å². The lowest BCUT2D eigenvalue weighted by molar-refractivity contribution is 0.236. The SMILES string of the molecule is Cc1[nH]cnc1CSCCN(S)C(N)=O. The van der Waals surface area contributed by atoms with Crippen molar-refractivity contribution in [3.63, 3.8) is 0 Å². The van der Waals surface area contributed by atoms with Crippen molar-refractivity contribution in [1.29, 1.82) is 0 Å². The average molecular weight is 246 g/mol. The Morgan fingerprint density at radius 3 is 3.07 bits per heavy atom. The van der Waals surface area contributed by atoms with Gasteiger partial charge < -0.3 is 10.7 Å². The standard InChI is InChI=1S/C8H14N4OS2/c1-6-7(11-5-10-6)4-15-3-2-12(14)8(9)13/h5,14H,2-4H2,1H3,(H2,9,13)(H,10,11). The highest BCUT2D eigenvalue weighted by atomic mass is 32.2. The Labute approximate surface area is 98.4 Å².